The molecular weight excluding hydrogens is 368 g/mol. The number of amides is 2. The van der Waals surface area contributed by atoms with Gasteiger partial charge < -0.3 is 20.4 Å². The molecule has 2 fully saturated rings. The van der Waals surface area contributed by atoms with E-state index in [0.29, 0.717) is 25.2 Å². The maximum absolute atomic E-state index is 12.5. The quantitative estimate of drug-likeness (QED) is 0.802. The Bertz CT molecular complexity index is 864. The fourth-order valence-electron chi connectivity index (χ4n) is 3.69. The topological polar surface area (TPSA) is 90.5 Å². The lowest BCUT2D eigenvalue weighted by molar-refractivity contribution is -0.123. The van der Waals surface area contributed by atoms with Crippen molar-refractivity contribution in [3.63, 3.8) is 0 Å². The van der Waals surface area contributed by atoms with Gasteiger partial charge in [0.05, 0.1) is 6.54 Å². The number of aromatic nitrogens is 2. The summed E-state index contributed by atoms with van der Waals surface area (Å²) in [5.74, 6) is 1.54. The molecule has 8 nitrogen and oxygen atoms in total. The van der Waals surface area contributed by atoms with Gasteiger partial charge in [0.25, 0.3) is 5.91 Å². The summed E-state index contributed by atoms with van der Waals surface area (Å²) in [6.07, 6.45) is 5.30. The van der Waals surface area contributed by atoms with E-state index in [1.807, 2.05) is 30.3 Å². The van der Waals surface area contributed by atoms with E-state index in [-0.39, 0.29) is 18.4 Å². The van der Waals surface area contributed by atoms with Crippen LogP contribution in [0.2, 0.25) is 0 Å². The van der Waals surface area contributed by atoms with E-state index in [0.717, 1.165) is 30.3 Å². The van der Waals surface area contributed by atoms with Gasteiger partial charge >= 0.3 is 0 Å². The Morgan fingerprint density at radius 3 is 2.62 bits per heavy atom. The van der Waals surface area contributed by atoms with Crippen LogP contribution in [0.3, 0.4) is 0 Å². The molecule has 0 radical (unpaired) electrons. The van der Waals surface area contributed by atoms with Crippen molar-refractivity contribution in [1.82, 2.24) is 20.2 Å². The number of piperidine rings is 1. The summed E-state index contributed by atoms with van der Waals surface area (Å²) in [7, 11) is 0. The van der Waals surface area contributed by atoms with Crippen LogP contribution in [0.4, 0.5) is 11.6 Å². The summed E-state index contributed by atoms with van der Waals surface area (Å²) in [4.78, 5) is 36.6. The van der Waals surface area contributed by atoms with Gasteiger partial charge in [-0.1, -0.05) is 12.1 Å². The van der Waals surface area contributed by atoms with Crippen LogP contribution in [0.15, 0.2) is 36.7 Å². The summed E-state index contributed by atoms with van der Waals surface area (Å²) in [5.41, 5.74) is 1.65. The first-order chi connectivity index (χ1) is 14.2. The van der Waals surface area contributed by atoms with Gasteiger partial charge in [-0.3, -0.25) is 9.59 Å². The third kappa shape index (κ3) is 4.82. The fraction of sp³-hybridized carbons (Fsp3) is 0.429. The third-order valence-corrected chi connectivity index (χ3v) is 5.33. The van der Waals surface area contributed by atoms with Gasteiger partial charge in [-0.25, -0.2) is 9.97 Å². The van der Waals surface area contributed by atoms with Gasteiger partial charge in [-0.05, 0) is 37.0 Å². The zero-order valence-electron chi connectivity index (χ0n) is 16.4. The van der Waals surface area contributed by atoms with E-state index >= 15 is 0 Å². The minimum atomic E-state index is -0.112. The van der Waals surface area contributed by atoms with Crippen molar-refractivity contribution in [1.29, 1.82) is 0 Å². The maximum Gasteiger partial charge on any atom is 0.254 e. The highest BCUT2D eigenvalue weighted by Crippen LogP contribution is 2.19. The lowest BCUT2D eigenvalue weighted by Gasteiger charge is -2.27. The predicted molar refractivity (Wildman–Crippen MR) is 111 cm³/mol. The predicted octanol–water partition coefficient (Wildman–Crippen LogP) is 1.65. The van der Waals surface area contributed by atoms with Crippen LogP contribution in [0.25, 0.3) is 0 Å². The number of nitrogens with zero attached hydrogens (tertiary/aromatic N) is 4. The number of carbonyl (C=O) groups is 2. The normalized spacial score (nSPS) is 17.0. The molecule has 0 aliphatic carbocycles. The molecule has 0 bridgehead atoms. The van der Waals surface area contributed by atoms with Crippen molar-refractivity contribution in [3.8, 4) is 0 Å². The minimum Gasteiger partial charge on any atom is -0.366 e. The van der Waals surface area contributed by atoms with Gasteiger partial charge in [0.1, 0.15) is 18.0 Å². The average Bonchev–Trinajstić information content (AvgIpc) is 2.78. The number of anilines is 2. The molecule has 3 heterocycles. The Kier molecular flexibility index (Phi) is 5.88. The molecule has 2 aliphatic rings. The SMILES string of the molecule is O=C1CN(C(=O)c2ccc(CNc3cc(N4CCCCC4)ncn3)cc2)CCN1. The second-order valence-corrected chi connectivity index (χ2v) is 7.44. The fourth-order valence-corrected chi connectivity index (χ4v) is 3.69. The van der Waals surface area contributed by atoms with Gasteiger partial charge in [-0.15, -0.1) is 0 Å². The number of hydrogen-bond donors (Lipinski definition) is 2. The minimum absolute atomic E-state index is 0.110. The zero-order chi connectivity index (χ0) is 20.1. The molecule has 8 heteroatoms. The Balaban J connectivity index is 1.34. The molecule has 4 rings (SSSR count). The highest BCUT2D eigenvalue weighted by molar-refractivity contribution is 5.97. The molecule has 0 spiro atoms. The molecule has 2 aliphatic heterocycles. The summed E-state index contributed by atoms with van der Waals surface area (Å²) >= 11 is 0. The number of benzene rings is 1. The molecule has 0 atom stereocenters. The van der Waals surface area contributed by atoms with Crippen molar-refractivity contribution >= 4 is 23.5 Å². The molecule has 2 saturated heterocycles. The number of carbonyl (C=O) groups excluding carboxylic acids is 2. The molecule has 2 amide bonds. The van der Waals surface area contributed by atoms with E-state index in [1.165, 1.54) is 19.3 Å². The van der Waals surface area contributed by atoms with Crippen LogP contribution >= 0.6 is 0 Å². The van der Waals surface area contributed by atoms with Crippen LogP contribution in [0.1, 0.15) is 35.2 Å². The van der Waals surface area contributed by atoms with Crippen molar-refractivity contribution < 1.29 is 9.59 Å². The molecule has 2 N–H and O–H groups in total. The Hall–Kier alpha value is -3.16. The smallest absolute Gasteiger partial charge is 0.254 e. The van der Waals surface area contributed by atoms with Gasteiger partial charge in [0.15, 0.2) is 0 Å². The molecule has 152 valence electrons. The number of hydrogen-bond acceptors (Lipinski definition) is 6. The maximum atomic E-state index is 12.5. The average molecular weight is 394 g/mol. The largest absolute Gasteiger partial charge is 0.366 e. The Morgan fingerprint density at radius 2 is 1.86 bits per heavy atom. The van der Waals surface area contributed by atoms with E-state index in [2.05, 4.69) is 25.5 Å². The molecule has 2 aromatic rings. The molecule has 0 unspecified atom stereocenters. The van der Waals surface area contributed by atoms with Crippen LogP contribution in [-0.2, 0) is 11.3 Å². The summed E-state index contributed by atoms with van der Waals surface area (Å²) in [6.45, 7) is 3.87. The second-order valence-electron chi connectivity index (χ2n) is 7.44. The lowest BCUT2D eigenvalue weighted by atomic mass is 10.1. The first kappa shape index (κ1) is 19.2. The van der Waals surface area contributed by atoms with E-state index in [4.69, 9.17) is 0 Å². The van der Waals surface area contributed by atoms with Gasteiger partial charge in [-0.2, -0.15) is 0 Å². The van der Waals surface area contributed by atoms with Crippen LogP contribution < -0.4 is 15.5 Å². The molecule has 1 aromatic carbocycles. The van der Waals surface area contributed by atoms with Crippen molar-refractivity contribution in [2.24, 2.45) is 0 Å². The molecule has 1 aromatic heterocycles. The van der Waals surface area contributed by atoms with Crippen LogP contribution in [0.5, 0.6) is 0 Å². The summed E-state index contributed by atoms with van der Waals surface area (Å²) in [6, 6.07) is 9.47. The lowest BCUT2D eigenvalue weighted by Crippen LogP contribution is -2.49. The van der Waals surface area contributed by atoms with Gasteiger partial charge in [0.2, 0.25) is 5.91 Å². The monoisotopic (exact) mass is 394 g/mol. The standard InChI is InChI=1S/C21H26N6O2/c28-20-14-27(11-8-22-20)21(29)17-6-4-16(5-7-17)13-23-18-12-19(25-15-24-18)26-9-2-1-3-10-26/h4-7,12,15H,1-3,8-11,13-14H2,(H,22,28)(H,23,24,25). The van der Waals surface area contributed by atoms with Crippen LogP contribution in [-0.4, -0.2) is 59.4 Å². The summed E-state index contributed by atoms with van der Waals surface area (Å²) in [5, 5.41) is 6.06. The number of nitrogens with one attached hydrogen (secondary N) is 2. The molecule has 0 saturated carbocycles. The molecular formula is C21H26N6O2. The second kappa shape index (κ2) is 8.89. The first-order valence-corrected chi connectivity index (χ1v) is 10.1. The molecule has 29 heavy (non-hydrogen) atoms. The zero-order valence-corrected chi connectivity index (χ0v) is 16.4. The highest BCUT2D eigenvalue weighted by Gasteiger charge is 2.22. The Labute approximate surface area is 170 Å². The van der Waals surface area contributed by atoms with Crippen molar-refractivity contribution in [2.45, 2.75) is 25.8 Å². The van der Waals surface area contributed by atoms with E-state index < -0.39 is 0 Å². The van der Waals surface area contributed by atoms with E-state index in [1.54, 1.807) is 11.2 Å². The van der Waals surface area contributed by atoms with Gasteiger partial charge in [0, 0.05) is 44.4 Å². The van der Waals surface area contributed by atoms with Crippen molar-refractivity contribution in [3.05, 3.63) is 47.8 Å². The number of rotatable bonds is 5. The first-order valence-electron chi connectivity index (χ1n) is 10.1. The third-order valence-electron chi connectivity index (χ3n) is 5.33. The number of piperazine rings is 1. The van der Waals surface area contributed by atoms with E-state index in [9.17, 15) is 9.59 Å². The highest BCUT2D eigenvalue weighted by atomic mass is 16.2. The Morgan fingerprint density at radius 1 is 1.07 bits per heavy atom. The van der Waals surface area contributed by atoms with Crippen molar-refractivity contribution in [2.75, 3.05) is 42.9 Å². The van der Waals surface area contributed by atoms with Crippen LogP contribution in [0, 0.1) is 0 Å². The summed E-state index contributed by atoms with van der Waals surface area (Å²) < 4.78 is 0.